The van der Waals surface area contributed by atoms with Crippen molar-refractivity contribution in [1.82, 2.24) is 0 Å². The average Bonchev–Trinajstić information content (AvgIpc) is 2.48. The number of benzene rings is 2. The molecule has 0 saturated carbocycles. The largest absolute Gasteiger partial charge is 0.205 e. The van der Waals surface area contributed by atoms with E-state index in [4.69, 9.17) is 5.26 Å². The number of aryl methyl sites for hydroxylation is 1. The van der Waals surface area contributed by atoms with Gasteiger partial charge in [0, 0.05) is 0 Å². The SMILES string of the molecule is Cc1ccc(C2CCc3c(cc(F)c(C#N)c3F)C2)cc1. The van der Waals surface area contributed by atoms with Crippen molar-refractivity contribution in [2.75, 3.05) is 0 Å². The number of hydrogen-bond acceptors (Lipinski definition) is 1. The van der Waals surface area contributed by atoms with Crippen LogP contribution in [0.5, 0.6) is 0 Å². The molecule has 0 bridgehead atoms. The van der Waals surface area contributed by atoms with Gasteiger partial charge in [-0.25, -0.2) is 8.78 Å². The van der Waals surface area contributed by atoms with E-state index in [0.29, 0.717) is 24.0 Å². The molecule has 1 atom stereocenters. The van der Waals surface area contributed by atoms with E-state index in [1.165, 1.54) is 17.2 Å². The van der Waals surface area contributed by atoms with Gasteiger partial charge in [0.25, 0.3) is 0 Å². The zero-order valence-corrected chi connectivity index (χ0v) is 11.8. The van der Waals surface area contributed by atoms with Crippen molar-refractivity contribution in [2.24, 2.45) is 0 Å². The fourth-order valence-corrected chi connectivity index (χ4v) is 3.07. The van der Waals surface area contributed by atoms with E-state index in [1.807, 2.05) is 6.92 Å². The van der Waals surface area contributed by atoms with Crippen molar-refractivity contribution in [3.8, 4) is 6.07 Å². The molecular weight excluding hydrogens is 268 g/mol. The van der Waals surface area contributed by atoms with Crippen LogP contribution in [-0.4, -0.2) is 0 Å². The Balaban J connectivity index is 1.96. The van der Waals surface area contributed by atoms with Crippen LogP contribution in [0.4, 0.5) is 8.78 Å². The molecule has 0 N–H and O–H groups in total. The second kappa shape index (κ2) is 5.29. The van der Waals surface area contributed by atoms with Crippen LogP contribution in [0.2, 0.25) is 0 Å². The molecule has 1 aliphatic rings. The maximum Gasteiger partial charge on any atom is 0.147 e. The number of rotatable bonds is 1. The summed E-state index contributed by atoms with van der Waals surface area (Å²) < 4.78 is 27.9. The quantitative estimate of drug-likeness (QED) is 0.760. The molecule has 0 amide bonds. The Morgan fingerprint density at radius 3 is 2.57 bits per heavy atom. The molecule has 3 rings (SSSR count). The minimum atomic E-state index is -0.752. The Morgan fingerprint density at radius 2 is 1.90 bits per heavy atom. The molecule has 0 aromatic heterocycles. The predicted octanol–water partition coefficient (Wildman–Crippen LogP) is 4.42. The van der Waals surface area contributed by atoms with Crippen LogP contribution >= 0.6 is 0 Å². The summed E-state index contributed by atoms with van der Waals surface area (Å²) in [4.78, 5) is 0. The molecule has 0 heterocycles. The fourth-order valence-electron chi connectivity index (χ4n) is 3.07. The van der Waals surface area contributed by atoms with E-state index in [9.17, 15) is 8.78 Å². The fraction of sp³-hybridized carbons (Fsp3) is 0.278. The van der Waals surface area contributed by atoms with Gasteiger partial charge in [-0.05, 0) is 54.9 Å². The monoisotopic (exact) mass is 283 g/mol. The summed E-state index contributed by atoms with van der Waals surface area (Å²) in [5, 5.41) is 8.83. The number of hydrogen-bond donors (Lipinski definition) is 0. The number of nitriles is 1. The Morgan fingerprint density at radius 1 is 1.19 bits per heavy atom. The minimum absolute atomic E-state index is 0.282. The predicted molar refractivity (Wildman–Crippen MR) is 77.0 cm³/mol. The van der Waals surface area contributed by atoms with Gasteiger partial charge in [0.05, 0.1) is 0 Å². The van der Waals surface area contributed by atoms with E-state index in [0.717, 1.165) is 6.42 Å². The number of nitrogens with zero attached hydrogens (tertiary/aromatic N) is 1. The Hall–Kier alpha value is -2.21. The average molecular weight is 283 g/mol. The summed E-state index contributed by atoms with van der Waals surface area (Å²) in [5.74, 6) is -1.14. The first kappa shape index (κ1) is 13.8. The highest BCUT2D eigenvalue weighted by Gasteiger charge is 2.26. The molecule has 1 unspecified atom stereocenters. The summed E-state index contributed by atoms with van der Waals surface area (Å²) in [7, 11) is 0. The van der Waals surface area contributed by atoms with Crippen molar-refractivity contribution in [2.45, 2.75) is 32.1 Å². The van der Waals surface area contributed by atoms with Crippen molar-refractivity contribution in [1.29, 1.82) is 5.26 Å². The van der Waals surface area contributed by atoms with Crippen LogP contribution in [0.1, 0.15) is 40.2 Å². The minimum Gasteiger partial charge on any atom is -0.205 e. The molecule has 1 nitrogen and oxygen atoms in total. The third-order valence-electron chi connectivity index (χ3n) is 4.28. The molecule has 0 saturated heterocycles. The van der Waals surface area contributed by atoms with Gasteiger partial charge in [-0.2, -0.15) is 5.26 Å². The van der Waals surface area contributed by atoms with Crippen LogP contribution in [0.15, 0.2) is 30.3 Å². The standard InChI is InChI=1S/C18H15F2N/c1-11-2-4-12(5-3-11)13-6-7-15-14(8-13)9-17(19)16(10-21)18(15)20/h2-5,9,13H,6-8H2,1H3. The van der Waals surface area contributed by atoms with Crippen molar-refractivity contribution in [3.63, 3.8) is 0 Å². The molecule has 0 spiro atoms. The molecule has 0 fully saturated rings. The highest BCUT2D eigenvalue weighted by atomic mass is 19.1. The first-order valence-electron chi connectivity index (χ1n) is 7.06. The summed E-state index contributed by atoms with van der Waals surface area (Å²) in [6.07, 6.45) is 2.00. The van der Waals surface area contributed by atoms with Crippen LogP contribution in [0.25, 0.3) is 0 Å². The topological polar surface area (TPSA) is 23.8 Å². The lowest BCUT2D eigenvalue weighted by Crippen LogP contribution is -2.16. The maximum absolute atomic E-state index is 14.1. The Labute approximate surface area is 122 Å². The van der Waals surface area contributed by atoms with Gasteiger partial charge in [0.2, 0.25) is 0 Å². The molecule has 106 valence electrons. The smallest absolute Gasteiger partial charge is 0.147 e. The lowest BCUT2D eigenvalue weighted by atomic mass is 9.79. The van der Waals surface area contributed by atoms with Crippen molar-refractivity contribution < 1.29 is 8.78 Å². The van der Waals surface area contributed by atoms with Crippen molar-refractivity contribution in [3.05, 3.63) is 69.8 Å². The lowest BCUT2D eigenvalue weighted by Gasteiger charge is -2.26. The van der Waals surface area contributed by atoms with Crippen LogP contribution < -0.4 is 0 Å². The lowest BCUT2D eigenvalue weighted by molar-refractivity contribution is 0.519. The van der Waals surface area contributed by atoms with Gasteiger partial charge >= 0.3 is 0 Å². The van der Waals surface area contributed by atoms with Gasteiger partial charge in [-0.3, -0.25) is 0 Å². The van der Waals surface area contributed by atoms with E-state index in [1.54, 1.807) is 6.07 Å². The second-order valence-corrected chi connectivity index (χ2v) is 5.65. The number of fused-ring (bicyclic) bond motifs is 1. The third-order valence-corrected chi connectivity index (χ3v) is 4.28. The first-order chi connectivity index (χ1) is 10.1. The Kier molecular flexibility index (Phi) is 3.47. The maximum atomic E-state index is 14.1. The summed E-state index contributed by atoms with van der Waals surface area (Å²) in [6, 6.07) is 11.2. The van der Waals surface area contributed by atoms with Gasteiger partial charge in [-0.1, -0.05) is 29.8 Å². The first-order valence-corrected chi connectivity index (χ1v) is 7.06. The second-order valence-electron chi connectivity index (χ2n) is 5.65. The highest BCUT2D eigenvalue weighted by molar-refractivity contribution is 5.44. The molecule has 21 heavy (non-hydrogen) atoms. The van der Waals surface area contributed by atoms with Crippen molar-refractivity contribution >= 4 is 0 Å². The van der Waals surface area contributed by atoms with E-state index in [-0.39, 0.29) is 5.92 Å². The Bertz CT molecular complexity index is 726. The summed E-state index contributed by atoms with van der Waals surface area (Å²) in [5.41, 5.74) is 3.15. The van der Waals surface area contributed by atoms with Crippen LogP contribution in [-0.2, 0) is 12.8 Å². The van der Waals surface area contributed by atoms with E-state index >= 15 is 0 Å². The van der Waals surface area contributed by atoms with E-state index in [2.05, 4.69) is 24.3 Å². The van der Waals surface area contributed by atoms with Gasteiger partial charge in [0.15, 0.2) is 0 Å². The molecule has 0 radical (unpaired) electrons. The van der Waals surface area contributed by atoms with Crippen LogP contribution in [0.3, 0.4) is 0 Å². The zero-order valence-electron chi connectivity index (χ0n) is 11.8. The van der Waals surface area contributed by atoms with Gasteiger partial charge < -0.3 is 0 Å². The summed E-state index contributed by atoms with van der Waals surface area (Å²) >= 11 is 0. The zero-order chi connectivity index (χ0) is 15.0. The summed E-state index contributed by atoms with van der Waals surface area (Å²) in [6.45, 7) is 2.04. The molecule has 2 aromatic carbocycles. The molecule has 3 heteroatoms. The molecule has 0 aliphatic heterocycles. The molecular formula is C18H15F2N. The van der Waals surface area contributed by atoms with Crippen LogP contribution in [0, 0.1) is 29.9 Å². The van der Waals surface area contributed by atoms with Gasteiger partial charge in [0.1, 0.15) is 23.3 Å². The molecule has 2 aromatic rings. The van der Waals surface area contributed by atoms with E-state index < -0.39 is 17.2 Å². The highest BCUT2D eigenvalue weighted by Crippen LogP contribution is 2.35. The number of halogens is 2. The van der Waals surface area contributed by atoms with Gasteiger partial charge in [-0.15, -0.1) is 0 Å². The third kappa shape index (κ3) is 2.42. The normalized spacial score (nSPS) is 17.1. The molecule has 1 aliphatic carbocycles.